The fraction of sp³-hybridized carbons (Fsp3) is 0.429. The van der Waals surface area contributed by atoms with Crippen molar-refractivity contribution in [2.75, 3.05) is 7.11 Å². The van der Waals surface area contributed by atoms with E-state index in [2.05, 4.69) is 37.9 Å². The van der Waals surface area contributed by atoms with Gasteiger partial charge in [0, 0.05) is 22.2 Å². The van der Waals surface area contributed by atoms with E-state index in [0.29, 0.717) is 0 Å². The quantitative estimate of drug-likeness (QED) is 0.832. The molecular weight excluding hydrogens is 198 g/mol. The Morgan fingerprint density at radius 1 is 1.25 bits per heavy atom. The predicted octanol–water partition coefficient (Wildman–Crippen LogP) is 3.75. The molecule has 0 fully saturated rings. The van der Waals surface area contributed by atoms with Gasteiger partial charge in [0.15, 0.2) is 0 Å². The normalized spacial score (nSPS) is 11.0. The monoisotopic (exact) mass is 217 g/mol. The molecule has 0 spiro atoms. The average molecular weight is 217 g/mol. The number of rotatable bonds is 3. The average Bonchev–Trinajstić information content (AvgIpc) is 2.56. The minimum absolute atomic E-state index is 1.01. The molecule has 2 aromatic rings. The van der Waals surface area contributed by atoms with Crippen molar-refractivity contribution in [2.24, 2.45) is 0 Å². The Morgan fingerprint density at radius 3 is 2.62 bits per heavy atom. The first-order valence-corrected chi connectivity index (χ1v) is 5.83. The maximum atomic E-state index is 5.46. The number of nitrogens with one attached hydrogen (secondary N) is 1. The van der Waals surface area contributed by atoms with Crippen LogP contribution in [0.4, 0.5) is 0 Å². The highest BCUT2D eigenvalue weighted by Crippen LogP contribution is 2.32. The molecule has 0 atom stereocenters. The summed E-state index contributed by atoms with van der Waals surface area (Å²) in [7, 11) is 1.75. The van der Waals surface area contributed by atoms with Crippen LogP contribution < -0.4 is 4.74 Å². The fourth-order valence-electron chi connectivity index (χ4n) is 2.33. The molecule has 1 aromatic carbocycles. The first-order chi connectivity index (χ1) is 7.69. The molecule has 0 radical (unpaired) electrons. The molecule has 2 nitrogen and oxygen atoms in total. The molecule has 0 unspecified atom stereocenters. The fourth-order valence-corrected chi connectivity index (χ4v) is 2.33. The third kappa shape index (κ3) is 1.58. The van der Waals surface area contributed by atoms with Crippen LogP contribution in [0, 0.1) is 13.8 Å². The summed E-state index contributed by atoms with van der Waals surface area (Å²) in [5.74, 6) is 1.01. The number of fused-ring (bicyclic) bond motifs is 1. The van der Waals surface area contributed by atoms with Crippen LogP contribution in [-0.4, -0.2) is 12.1 Å². The lowest BCUT2D eigenvalue weighted by Crippen LogP contribution is -1.93. The van der Waals surface area contributed by atoms with E-state index in [0.717, 1.165) is 18.6 Å². The lowest BCUT2D eigenvalue weighted by atomic mass is 10.0. The Morgan fingerprint density at radius 2 is 2.00 bits per heavy atom. The number of hydrogen-bond donors (Lipinski definition) is 1. The highest BCUT2D eigenvalue weighted by atomic mass is 16.5. The summed E-state index contributed by atoms with van der Waals surface area (Å²) in [6.07, 6.45) is 2.21. The van der Waals surface area contributed by atoms with Gasteiger partial charge in [-0.2, -0.15) is 0 Å². The van der Waals surface area contributed by atoms with Crippen molar-refractivity contribution in [3.63, 3.8) is 0 Å². The summed E-state index contributed by atoms with van der Waals surface area (Å²) in [6, 6.07) is 4.16. The van der Waals surface area contributed by atoms with Gasteiger partial charge in [0.2, 0.25) is 0 Å². The number of aromatic nitrogens is 1. The number of H-pyrrole nitrogens is 1. The summed E-state index contributed by atoms with van der Waals surface area (Å²) < 4.78 is 5.46. The standard InChI is InChI=1S/C14H19NO/c1-5-6-11-13(16-4)8-7-12-14(11)9(2)10(3)15-12/h7-8,15H,5-6H2,1-4H3. The first-order valence-electron chi connectivity index (χ1n) is 5.83. The van der Waals surface area contributed by atoms with Crippen molar-refractivity contribution >= 4 is 10.9 Å². The Kier molecular flexibility index (Phi) is 2.90. The van der Waals surface area contributed by atoms with Crippen LogP contribution in [0.15, 0.2) is 12.1 Å². The third-order valence-corrected chi connectivity index (χ3v) is 3.25. The zero-order valence-corrected chi connectivity index (χ0v) is 10.5. The molecular formula is C14H19NO. The smallest absolute Gasteiger partial charge is 0.122 e. The van der Waals surface area contributed by atoms with E-state index in [1.54, 1.807) is 7.11 Å². The molecule has 16 heavy (non-hydrogen) atoms. The second-order valence-corrected chi connectivity index (χ2v) is 4.29. The van der Waals surface area contributed by atoms with Gasteiger partial charge in [-0.15, -0.1) is 0 Å². The third-order valence-electron chi connectivity index (χ3n) is 3.25. The van der Waals surface area contributed by atoms with E-state index in [1.807, 2.05) is 0 Å². The second-order valence-electron chi connectivity index (χ2n) is 4.29. The Bertz CT molecular complexity index is 511. The van der Waals surface area contributed by atoms with Gasteiger partial charge in [-0.1, -0.05) is 13.3 Å². The van der Waals surface area contributed by atoms with Gasteiger partial charge in [-0.25, -0.2) is 0 Å². The number of aryl methyl sites for hydroxylation is 3. The van der Waals surface area contributed by atoms with E-state index >= 15 is 0 Å². The van der Waals surface area contributed by atoms with Crippen molar-refractivity contribution in [2.45, 2.75) is 33.6 Å². The van der Waals surface area contributed by atoms with E-state index < -0.39 is 0 Å². The van der Waals surface area contributed by atoms with Gasteiger partial charge >= 0.3 is 0 Å². The van der Waals surface area contributed by atoms with Gasteiger partial charge in [-0.05, 0) is 38.0 Å². The molecule has 2 rings (SSSR count). The molecule has 1 heterocycles. The lowest BCUT2D eigenvalue weighted by Gasteiger charge is -2.09. The number of hydrogen-bond acceptors (Lipinski definition) is 1. The minimum Gasteiger partial charge on any atom is -0.496 e. The largest absolute Gasteiger partial charge is 0.496 e. The van der Waals surface area contributed by atoms with Crippen LogP contribution in [0.25, 0.3) is 10.9 Å². The van der Waals surface area contributed by atoms with E-state index in [9.17, 15) is 0 Å². The molecule has 0 aliphatic carbocycles. The van der Waals surface area contributed by atoms with Crippen LogP contribution in [0.3, 0.4) is 0 Å². The molecule has 1 aromatic heterocycles. The summed E-state index contributed by atoms with van der Waals surface area (Å²) in [6.45, 7) is 6.50. The Labute approximate surface area is 96.6 Å². The van der Waals surface area contributed by atoms with Crippen molar-refractivity contribution in [3.8, 4) is 5.75 Å². The zero-order valence-electron chi connectivity index (χ0n) is 10.5. The van der Waals surface area contributed by atoms with Crippen molar-refractivity contribution in [1.29, 1.82) is 0 Å². The van der Waals surface area contributed by atoms with Gasteiger partial charge in [0.1, 0.15) is 5.75 Å². The van der Waals surface area contributed by atoms with Crippen LogP contribution in [0.1, 0.15) is 30.2 Å². The maximum absolute atomic E-state index is 5.46. The number of ether oxygens (including phenoxy) is 1. The molecule has 0 aliphatic heterocycles. The first kappa shape index (κ1) is 11.1. The minimum atomic E-state index is 1.01. The lowest BCUT2D eigenvalue weighted by molar-refractivity contribution is 0.410. The van der Waals surface area contributed by atoms with E-state index in [-0.39, 0.29) is 0 Å². The zero-order chi connectivity index (χ0) is 11.7. The van der Waals surface area contributed by atoms with Crippen LogP contribution >= 0.6 is 0 Å². The second kappa shape index (κ2) is 4.20. The molecule has 0 aliphatic rings. The molecule has 2 heteroatoms. The molecule has 0 bridgehead atoms. The highest BCUT2D eigenvalue weighted by molar-refractivity contribution is 5.89. The van der Waals surface area contributed by atoms with Crippen molar-refractivity contribution in [1.82, 2.24) is 4.98 Å². The summed E-state index contributed by atoms with van der Waals surface area (Å²) in [5, 5.41) is 1.35. The van der Waals surface area contributed by atoms with Crippen molar-refractivity contribution < 1.29 is 4.74 Å². The summed E-state index contributed by atoms with van der Waals surface area (Å²) >= 11 is 0. The maximum Gasteiger partial charge on any atom is 0.122 e. The van der Waals surface area contributed by atoms with E-state index in [1.165, 1.54) is 27.7 Å². The van der Waals surface area contributed by atoms with Crippen LogP contribution in [0.5, 0.6) is 5.75 Å². The molecule has 86 valence electrons. The van der Waals surface area contributed by atoms with E-state index in [4.69, 9.17) is 4.74 Å². The molecule has 1 N–H and O–H groups in total. The molecule has 0 saturated carbocycles. The highest BCUT2D eigenvalue weighted by Gasteiger charge is 2.12. The van der Waals surface area contributed by atoms with Crippen LogP contribution in [-0.2, 0) is 6.42 Å². The number of aromatic amines is 1. The van der Waals surface area contributed by atoms with Gasteiger partial charge in [0.25, 0.3) is 0 Å². The molecule has 0 saturated heterocycles. The van der Waals surface area contributed by atoms with Gasteiger partial charge in [0.05, 0.1) is 7.11 Å². The van der Waals surface area contributed by atoms with Gasteiger partial charge in [-0.3, -0.25) is 0 Å². The predicted molar refractivity (Wildman–Crippen MR) is 68.3 cm³/mol. The molecule has 0 amide bonds. The number of methoxy groups -OCH3 is 1. The van der Waals surface area contributed by atoms with Crippen molar-refractivity contribution in [3.05, 3.63) is 29.0 Å². The summed E-state index contributed by atoms with van der Waals surface area (Å²) in [4.78, 5) is 3.42. The SMILES string of the molecule is CCCc1c(OC)ccc2[nH]c(C)c(C)c12. The summed E-state index contributed by atoms with van der Waals surface area (Å²) in [5.41, 5.74) is 5.15. The Balaban J connectivity index is 2.76. The number of benzene rings is 1. The Hall–Kier alpha value is -1.44. The van der Waals surface area contributed by atoms with Gasteiger partial charge < -0.3 is 9.72 Å². The topological polar surface area (TPSA) is 25.0 Å². The van der Waals surface area contributed by atoms with Crippen LogP contribution in [0.2, 0.25) is 0 Å².